The van der Waals surface area contributed by atoms with Gasteiger partial charge in [-0.3, -0.25) is 0 Å². The van der Waals surface area contributed by atoms with Crippen molar-refractivity contribution in [1.29, 1.82) is 0 Å². The van der Waals surface area contributed by atoms with Gasteiger partial charge < -0.3 is 9.97 Å². The average molecular weight is 757 g/mol. The first-order chi connectivity index (χ1) is 22.7. The number of hydrogen-bond donors (Lipinski definition) is 0. The zero-order valence-corrected chi connectivity index (χ0v) is 27.6. The number of fused-ring (bicyclic) bond motifs is 6. The van der Waals surface area contributed by atoms with E-state index in [0.29, 0.717) is 11.3 Å². The van der Waals surface area contributed by atoms with E-state index in [1.54, 1.807) is 0 Å². The van der Waals surface area contributed by atoms with Crippen molar-refractivity contribution in [2.45, 2.75) is 33.3 Å². The average Bonchev–Trinajstić information content (AvgIpc) is 3.07. The maximum atomic E-state index is 7.83. The molecule has 0 aliphatic rings. The summed E-state index contributed by atoms with van der Waals surface area (Å²) < 4.78 is 46.5. The minimum Gasteiger partial charge on any atom is -0.305 e. The summed E-state index contributed by atoms with van der Waals surface area (Å²) in [5.41, 5.74) is 2.59. The van der Waals surface area contributed by atoms with Gasteiger partial charge in [0.25, 0.3) is 0 Å². The van der Waals surface area contributed by atoms with Crippen LogP contribution in [0.1, 0.15) is 19.4 Å². The predicted molar refractivity (Wildman–Crippen MR) is 182 cm³/mol. The van der Waals surface area contributed by atoms with Crippen LogP contribution in [0.3, 0.4) is 0 Å². The van der Waals surface area contributed by atoms with E-state index in [1.807, 2.05) is 66.9 Å². The normalized spacial score (nSPS) is 13.8. The van der Waals surface area contributed by atoms with E-state index in [4.69, 9.17) is 8.22 Å². The Morgan fingerprint density at radius 2 is 1.21 bits per heavy atom. The number of hydrogen-bond acceptors (Lipinski definition) is 2. The van der Waals surface area contributed by atoms with Crippen molar-refractivity contribution in [3.05, 3.63) is 139 Å². The van der Waals surface area contributed by atoms with Crippen molar-refractivity contribution >= 4 is 45.6 Å². The molecule has 0 saturated heterocycles. The van der Waals surface area contributed by atoms with Crippen molar-refractivity contribution in [1.82, 2.24) is 9.97 Å². The van der Waals surface area contributed by atoms with Crippen LogP contribution < -0.4 is 5.19 Å². The van der Waals surface area contributed by atoms with Crippen molar-refractivity contribution in [3.8, 4) is 22.5 Å². The molecule has 2 heterocycles. The fourth-order valence-electron chi connectivity index (χ4n) is 5.14. The summed E-state index contributed by atoms with van der Waals surface area (Å²) in [7, 11) is -1.23. The van der Waals surface area contributed by atoms with Gasteiger partial charge in [0.2, 0.25) is 0 Å². The van der Waals surface area contributed by atoms with Crippen LogP contribution in [0.5, 0.6) is 0 Å². The van der Waals surface area contributed by atoms with E-state index < -0.39 is 21.8 Å². The largest absolute Gasteiger partial charge is 0.305 e. The van der Waals surface area contributed by atoms with Crippen LogP contribution in [-0.2, 0) is 20.1 Å². The summed E-state index contributed by atoms with van der Waals surface area (Å²) in [5.74, 6) is 0. The van der Waals surface area contributed by atoms with Crippen molar-refractivity contribution < 1.29 is 28.3 Å². The molecule has 7 aromatic rings. The number of aryl methyl sites for hydroxylation is 2. The molecule has 5 aromatic carbocycles. The Bertz CT molecular complexity index is 2210. The summed E-state index contributed by atoms with van der Waals surface area (Å²) in [6.45, 7) is 1.87. The zero-order chi connectivity index (χ0) is 34.3. The van der Waals surface area contributed by atoms with E-state index in [2.05, 4.69) is 78.1 Å². The second kappa shape index (κ2) is 12.7. The zero-order valence-electron chi connectivity index (χ0n) is 30.2. The van der Waals surface area contributed by atoms with Crippen LogP contribution in [0.2, 0.25) is 19.6 Å². The summed E-state index contributed by atoms with van der Waals surface area (Å²) in [5, 5.41) is 7.91. The number of rotatable bonds is 3. The summed E-state index contributed by atoms with van der Waals surface area (Å²) in [4.78, 5) is 8.82. The van der Waals surface area contributed by atoms with E-state index in [1.165, 1.54) is 11.3 Å². The molecule has 0 amide bonds. The third-order valence-corrected chi connectivity index (χ3v) is 9.50. The molecule has 0 fully saturated rings. The van der Waals surface area contributed by atoms with Crippen LogP contribution in [0.25, 0.3) is 54.8 Å². The predicted octanol–water partition coefficient (Wildman–Crippen LogP) is 9.72. The Morgan fingerprint density at radius 3 is 1.79 bits per heavy atom. The first-order valence-electron chi connectivity index (χ1n) is 16.9. The second-order valence-electron chi connectivity index (χ2n) is 11.3. The molecule has 1 radical (unpaired) electrons. The molecule has 43 heavy (non-hydrogen) atoms. The van der Waals surface area contributed by atoms with Gasteiger partial charge in [0.1, 0.15) is 0 Å². The van der Waals surface area contributed by atoms with Crippen LogP contribution in [0.4, 0.5) is 0 Å². The maximum Gasteiger partial charge on any atom is 0.0795 e. The standard InChI is InChI=1S/C25H18N.C14H16NSi.Ir/c1-16-13-25(26-15-17(16)2)18-11-12-23-21-9-4-3-7-19(21)20-8-5-6-10-22(20)24(23)14-18;1-16(2,3)13-9-10-14(15-11-13)12-7-5-4-6-8-12;/h3-10,12-15H,1-2H3;4-7,9-11H,1-3H3;/q2*-1;/i1D3,2D3;;. The smallest absolute Gasteiger partial charge is 0.0795 e. The van der Waals surface area contributed by atoms with E-state index >= 15 is 0 Å². The Labute approximate surface area is 277 Å². The molecule has 215 valence electrons. The Kier molecular flexibility index (Phi) is 6.96. The molecule has 4 heteroatoms. The van der Waals surface area contributed by atoms with Crippen LogP contribution in [0.15, 0.2) is 116 Å². The molecule has 0 aliphatic carbocycles. The Balaban J connectivity index is 0.000000233. The molecule has 0 N–H and O–H groups in total. The minimum absolute atomic E-state index is 0. The van der Waals surface area contributed by atoms with E-state index in [0.717, 1.165) is 49.8 Å². The SMILES string of the molecule is C[Si](C)(C)c1ccc(-c2[c-]cccc2)nc1.[2H]C([2H])([2H])c1cnc(-c2[c-]cc3c4ccccc4c4ccccc4c3c2)cc1C([2H])([2H])[2H].[Ir]. The summed E-state index contributed by atoms with van der Waals surface area (Å²) in [6.07, 6.45) is 3.17. The van der Waals surface area contributed by atoms with Crippen molar-refractivity contribution in [2.75, 3.05) is 0 Å². The molecule has 0 aliphatic heterocycles. The third kappa shape index (κ3) is 6.38. The number of nitrogens with zero attached hydrogens (tertiary/aromatic N) is 2. The van der Waals surface area contributed by atoms with Gasteiger partial charge in [-0.25, -0.2) is 0 Å². The van der Waals surface area contributed by atoms with Gasteiger partial charge in [-0.2, -0.15) is 0 Å². The van der Waals surface area contributed by atoms with Gasteiger partial charge in [0.15, 0.2) is 0 Å². The van der Waals surface area contributed by atoms with Gasteiger partial charge >= 0.3 is 0 Å². The molecule has 0 spiro atoms. The number of pyridine rings is 2. The molecule has 2 nitrogen and oxygen atoms in total. The van der Waals surface area contributed by atoms with Crippen LogP contribution in [0, 0.1) is 25.8 Å². The quantitative estimate of drug-likeness (QED) is 0.102. The molecule has 0 bridgehead atoms. The monoisotopic (exact) mass is 757 g/mol. The van der Waals surface area contributed by atoms with Gasteiger partial charge in [0, 0.05) is 40.7 Å². The number of aromatic nitrogens is 2. The molecular formula is C39H34IrN2Si-2. The van der Waals surface area contributed by atoms with Crippen molar-refractivity contribution in [3.63, 3.8) is 0 Å². The van der Waals surface area contributed by atoms with Gasteiger partial charge in [-0.1, -0.05) is 108 Å². The Hall–Kier alpha value is -3.95. The first-order valence-corrected chi connectivity index (χ1v) is 17.4. The van der Waals surface area contributed by atoms with Crippen LogP contribution >= 0.6 is 0 Å². The van der Waals surface area contributed by atoms with E-state index in [9.17, 15) is 0 Å². The van der Waals surface area contributed by atoms with Crippen LogP contribution in [-0.4, -0.2) is 18.0 Å². The first kappa shape index (κ1) is 23.5. The summed E-state index contributed by atoms with van der Waals surface area (Å²) in [6, 6.07) is 40.2. The van der Waals surface area contributed by atoms with E-state index in [-0.39, 0.29) is 31.2 Å². The van der Waals surface area contributed by atoms with Gasteiger partial charge in [-0.15, -0.1) is 59.7 Å². The second-order valence-corrected chi connectivity index (χ2v) is 16.4. The Morgan fingerprint density at radius 1 is 0.581 bits per heavy atom. The molecule has 0 atom stereocenters. The topological polar surface area (TPSA) is 25.8 Å². The van der Waals surface area contributed by atoms with Crippen molar-refractivity contribution in [2.24, 2.45) is 0 Å². The van der Waals surface area contributed by atoms with Gasteiger partial charge in [-0.05, 0) is 52.0 Å². The molecule has 0 saturated carbocycles. The third-order valence-electron chi connectivity index (χ3n) is 7.47. The molecule has 0 unspecified atom stereocenters. The van der Waals surface area contributed by atoms with Gasteiger partial charge in [0.05, 0.1) is 8.07 Å². The molecule has 2 aromatic heterocycles. The number of benzene rings is 5. The fraction of sp³-hybridized carbons (Fsp3) is 0.128. The minimum atomic E-state index is -2.57. The molecule has 7 rings (SSSR count). The molecular weight excluding hydrogens is 717 g/mol. The fourth-order valence-corrected chi connectivity index (χ4v) is 6.18. The summed E-state index contributed by atoms with van der Waals surface area (Å²) >= 11 is 0. The maximum absolute atomic E-state index is 7.83.